The maximum Gasteiger partial charge on any atom is 0.304 e. The van der Waals surface area contributed by atoms with Crippen molar-refractivity contribution in [3.05, 3.63) is 39.7 Å². The fourth-order valence-corrected chi connectivity index (χ4v) is 1.51. The number of carboxylic acid groups (broad SMARTS) is 1. The monoisotopic (exact) mass is 292 g/mol. The highest BCUT2D eigenvalue weighted by Crippen LogP contribution is 2.22. The molecule has 0 unspecified atom stereocenters. The minimum absolute atomic E-state index is 0. The Hall–Kier alpha value is -1.73. The summed E-state index contributed by atoms with van der Waals surface area (Å²) in [4.78, 5) is 22.0. The van der Waals surface area contributed by atoms with Gasteiger partial charge in [0.15, 0.2) is 0 Å². The molecule has 1 N–H and O–H groups in total. The van der Waals surface area contributed by atoms with Crippen LogP contribution < -0.4 is 0 Å². The van der Waals surface area contributed by atoms with Crippen molar-refractivity contribution in [3.63, 3.8) is 0 Å². The van der Waals surface area contributed by atoms with Gasteiger partial charge in [0.05, 0.1) is 16.9 Å². The molecule has 0 aliphatic heterocycles. The molecule has 0 aromatic heterocycles. The van der Waals surface area contributed by atoms with E-state index < -0.39 is 16.7 Å². The van der Waals surface area contributed by atoms with Gasteiger partial charge >= 0.3 is 5.97 Å². The average molecular weight is 293 g/mol. The van der Waals surface area contributed by atoms with E-state index >= 15 is 0 Å². The number of rotatable bonds is 6. The number of hydrogen-bond donors (Lipinski definition) is 1. The Bertz CT molecular complexity index is 470. The summed E-state index contributed by atoms with van der Waals surface area (Å²) in [7, 11) is 1.58. The molecule has 1 rings (SSSR count). The molecule has 0 amide bonds. The lowest BCUT2D eigenvalue weighted by molar-refractivity contribution is -0.385. The smallest absolute Gasteiger partial charge is 0.304 e. The molecule has 0 spiro atoms. The predicted octanol–water partition coefficient (Wildman–Crippen LogP) is 2.06. The number of hydrogen-bond acceptors (Lipinski definition) is 4. The lowest BCUT2D eigenvalue weighted by Crippen LogP contribution is -2.22. The molecule has 0 aliphatic rings. The van der Waals surface area contributed by atoms with Gasteiger partial charge < -0.3 is 10.0 Å². The van der Waals surface area contributed by atoms with Crippen LogP contribution in [0.3, 0.4) is 0 Å². The van der Waals surface area contributed by atoms with Crippen molar-refractivity contribution >= 4 is 24.1 Å². The summed E-state index contributed by atoms with van der Waals surface area (Å²) >= 11 is 0. The first-order chi connectivity index (χ1) is 8.41. The van der Waals surface area contributed by atoms with Crippen molar-refractivity contribution in [3.8, 4) is 0 Å². The zero-order valence-corrected chi connectivity index (χ0v) is 11.0. The van der Waals surface area contributed by atoms with Gasteiger partial charge in [-0.25, -0.2) is 4.39 Å². The van der Waals surface area contributed by atoms with Crippen LogP contribution in [0.15, 0.2) is 18.2 Å². The van der Waals surface area contributed by atoms with Gasteiger partial charge in [0, 0.05) is 19.2 Å². The molecule has 0 saturated carbocycles. The van der Waals surface area contributed by atoms with Crippen molar-refractivity contribution < 1.29 is 19.2 Å². The van der Waals surface area contributed by atoms with Crippen LogP contribution in [0.25, 0.3) is 0 Å². The third kappa shape index (κ3) is 5.19. The molecule has 8 heteroatoms. The Balaban J connectivity index is 0.00000324. The summed E-state index contributed by atoms with van der Waals surface area (Å²) < 4.78 is 13.5. The summed E-state index contributed by atoms with van der Waals surface area (Å²) in [6.07, 6.45) is -0.0985. The minimum Gasteiger partial charge on any atom is -0.481 e. The zero-order valence-electron chi connectivity index (χ0n) is 10.2. The van der Waals surface area contributed by atoms with Gasteiger partial charge in [0.1, 0.15) is 5.82 Å². The Morgan fingerprint density at radius 3 is 2.68 bits per heavy atom. The van der Waals surface area contributed by atoms with Crippen LogP contribution in [0.2, 0.25) is 0 Å². The first-order valence-corrected chi connectivity index (χ1v) is 5.24. The Morgan fingerprint density at radius 2 is 2.16 bits per heavy atom. The second-order valence-electron chi connectivity index (χ2n) is 3.88. The third-order valence-corrected chi connectivity index (χ3v) is 2.43. The molecule has 19 heavy (non-hydrogen) atoms. The van der Waals surface area contributed by atoms with E-state index in [2.05, 4.69) is 0 Å². The fraction of sp³-hybridized carbons (Fsp3) is 0.364. The standard InChI is InChI=1S/C11H13FN2O4.ClH/c1-13(6-5-11(15)16)7-8-9(12)3-2-4-10(8)14(17)18;/h2-4H,5-7H2,1H3,(H,15,16);1H. The molecule has 106 valence electrons. The van der Waals surface area contributed by atoms with Crippen LogP contribution in [-0.2, 0) is 11.3 Å². The lowest BCUT2D eigenvalue weighted by Gasteiger charge is -2.15. The number of nitrogens with zero attached hydrogens (tertiary/aromatic N) is 2. The van der Waals surface area contributed by atoms with Crippen molar-refractivity contribution in [1.82, 2.24) is 4.90 Å². The van der Waals surface area contributed by atoms with E-state index in [0.29, 0.717) is 0 Å². The van der Waals surface area contributed by atoms with Crippen LogP contribution in [0.1, 0.15) is 12.0 Å². The lowest BCUT2D eigenvalue weighted by atomic mass is 10.1. The van der Waals surface area contributed by atoms with E-state index in [0.717, 1.165) is 6.07 Å². The molecule has 6 nitrogen and oxygen atoms in total. The van der Waals surface area contributed by atoms with E-state index in [4.69, 9.17) is 5.11 Å². The summed E-state index contributed by atoms with van der Waals surface area (Å²) in [6.45, 7) is 0.192. The van der Waals surface area contributed by atoms with E-state index in [-0.39, 0.29) is 43.2 Å². The second kappa shape index (κ2) is 7.65. The topological polar surface area (TPSA) is 83.7 Å². The van der Waals surface area contributed by atoms with Gasteiger partial charge in [0.2, 0.25) is 0 Å². The Kier molecular flexibility index (Phi) is 6.95. The highest BCUT2D eigenvalue weighted by Gasteiger charge is 2.19. The van der Waals surface area contributed by atoms with Gasteiger partial charge in [-0.05, 0) is 13.1 Å². The summed E-state index contributed by atoms with van der Waals surface area (Å²) in [5.41, 5.74) is -0.326. The predicted molar refractivity (Wildman–Crippen MR) is 68.9 cm³/mol. The second-order valence-corrected chi connectivity index (χ2v) is 3.88. The number of halogens is 2. The molecule has 0 fully saturated rings. The van der Waals surface area contributed by atoms with Crippen molar-refractivity contribution in [2.75, 3.05) is 13.6 Å². The highest BCUT2D eigenvalue weighted by molar-refractivity contribution is 5.85. The molecular formula is C11H14ClFN2O4. The minimum atomic E-state index is -0.968. The van der Waals surface area contributed by atoms with Gasteiger partial charge in [0.25, 0.3) is 5.69 Å². The number of carboxylic acids is 1. The van der Waals surface area contributed by atoms with Gasteiger partial charge in [-0.2, -0.15) is 0 Å². The van der Waals surface area contributed by atoms with Crippen molar-refractivity contribution in [2.24, 2.45) is 0 Å². The number of aliphatic carboxylic acids is 1. The van der Waals surface area contributed by atoms with Gasteiger partial charge in [-0.3, -0.25) is 14.9 Å². The number of nitro groups is 1. The average Bonchev–Trinajstić information content (AvgIpc) is 2.28. The first-order valence-electron chi connectivity index (χ1n) is 5.24. The Morgan fingerprint density at radius 1 is 1.53 bits per heavy atom. The fourth-order valence-electron chi connectivity index (χ4n) is 1.51. The number of nitro benzene ring substituents is 1. The van der Waals surface area contributed by atoms with Crippen molar-refractivity contribution in [1.29, 1.82) is 0 Å². The van der Waals surface area contributed by atoms with Crippen LogP contribution in [0.4, 0.5) is 10.1 Å². The maximum absolute atomic E-state index is 13.5. The third-order valence-electron chi connectivity index (χ3n) is 2.43. The van der Waals surface area contributed by atoms with Crippen LogP contribution in [0.5, 0.6) is 0 Å². The molecule has 0 heterocycles. The molecule has 0 atom stereocenters. The molecular weight excluding hydrogens is 279 g/mol. The van der Waals surface area contributed by atoms with E-state index in [1.165, 1.54) is 17.0 Å². The Labute approximate surface area is 115 Å². The SMILES string of the molecule is CN(CCC(=O)O)Cc1c(F)cccc1[N+](=O)[O-].Cl. The first kappa shape index (κ1) is 17.3. The maximum atomic E-state index is 13.5. The molecule has 0 bridgehead atoms. The molecule has 0 radical (unpaired) electrons. The molecule has 0 saturated heterocycles. The molecule has 1 aromatic carbocycles. The van der Waals surface area contributed by atoms with E-state index in [1.54, 1.807) is 7.05 Å². The van der Waals surface area contributed by atoms with Crippen molar-refractivity contribution in [2.45, 2.75) is 13.0 Å². The van der Waals surface area contributed by atoms with E-state index in [1.807, 2.05) is 0 Å². The zero-order chi connectivity index (χ0) is 13.7. The van der Waals surface area contributed by atoms with E-state index in [9.17, 15) is 19.3 Å². The summed E-state index contributed by atoms with van der Waals surface area (Å²) in [5.74, 6) is -1.63. The normalized spacial score (nSPS) is 10.1. The number of carbonyl (C=O) groups is 1. The number of benzene rings is 1. The largest absolute Gasteiger partial charge is 0.481 e. The quantitative estimate of drug-likeness (QED) is 0.641. The summed E-state index contributed by atoms with van der Waals surface area (Å²) in [6, 6.07) is 3.64. The van der Waals surface area contributed by atoms with Crippen LogP contribution in [0, 0.1) is 15.9 Å². The van der Waals surface area contributed by atoms with Gasteiger partial charge in [-0.15, -0.1) is 12.4 Å². The van der Waals surface area contributed by atoms with Crippen LogP contribution in [-0.4, -0.2) is 34.5 Å². The van der Waals surface area contributed by atoms with Crippen LogP contribution >= 0.6 is 12.4 Å². The molecule has 0 aliphatic carbocycles. The summed E-state index contributed by atoms with van der Waals surface area (Å²) in [5, 5.41) is 19.3. The van der Waals surface area contributed by atoms with Gasteiger partial charge in [-0.1, -0.05) is 6.07 Å². The molecule has 1 aromatic rings. The highest BCUT2D eigenvalue weighted by atomic mass is 35.5.